The third-order valence-electron chi connectivity index (χ3n) is 4.72. The Labute approximate surface area is 175 Å². The SMILES string of the molecule is Cn1cc(-c2cc(CS(N)(=O)=O)ccc2Oc2ccc(F)cc2F)c2cc[nH]c(=O)c21. The van der Waals surface area contributed by atoms with Gasteiger partial charge in [0.25, 0.3) is 5.56 Å². The van der Waals surface area contributed by atoms with Crippen LogP contribution in [-0.4, -0.2) is 18.0 Å². The lowest BCUT2D eigenvalue weighted by Gasteiger charge is -2.13. The van der Waals surface area contributed by atoms with Crippen LogP contribution in [0.4, 0.5) is 8.78 Å². The summed E-state index contributed by atoms with van der Waals surface area (Å²) in [5.41, 5.74) is 1.46. The second-order valence-corrected chi connectivity index (χ2v) is 8.65. The molecule has 0 saturated heterocycles. The standard InChI is InChI=1S/C21H17F2N3O4S/c1-26-10-16(14-6-7-25-21(27)20(14)26)15-8-12(11-31(24,28)29)2-4-18(15)30-19-5-3-13(22)9-17(19)23/h2-10H,11H2,1H3,(H,25,27)(H2,24,28,29). The largest absolute Gasteiger partial charge is 0.454 e. The lowest BCUT2D eigenvalue weighted by Crippen LogP contribution is -2.14. The van der Waals surface area contributed by atoms with Crippen molar-refractivity contribution in [3.63, 3.8) is 0 Å². The topological polar surface area (TPSA) is 107 Å². The number of aryl methyl sites for hydroxylation is 1. The summed E-state index contributed by atoms with van der Waals surface area (Å²) in [7, 11) is -2.12. The van der Waals surface area contributed by atoms with Gasteiger partial charge in [0.15, 0.2) is 11.6 Å². The van der Waals surface area contributed by atoms with E-state index in [1.54, 1.807) is 29.9 Å². The number of hydrogen-bond donors (Lipinski definition) is 2. The first-order valence-electron chi connectivity index (χ1n) is 9.06. The molecule has 0 saturated carbocycles. The van der Waals surface area contributed by atoms with E-state index in [1.165, 1.54) is 18.3 Å². The lowest BCUT2D eigenvalue weighted by atomic mass is 10.0. The van der Waals surface area contributed by atoms with Gasteiger partial charge in [-0.3, -0.25) is 4.79 Å². The van der Waals surface area contributed by atoms with Crippen LogP contribution in [0.2, 0.25) is 0 Å². The maximum atomic E-state index is 14.2. The minimum Gasteiger partial charge on any atom is -0.454 e. The normalized spacial score (nSPS) is 11.7. The van der Waals surface area contributed by atoms with Crippen molar-refractivity contribution in [2.75, 3.05) is 0 Å². The molecule has 7 nitrogen and oxygen atoms in total. The van der Waals surface area contributed by atoms with Crippen LogP contribution in [0.1, 0.15) is 5.56 Å². The van der Waals surface area contributed by atoms with Crippen molar-refractivity contribution in [3.05, 3.63) is 82.4 Å². The fraction of sp³-hybridized carbons (Fsp3) is 0.0952. The van der Waals surface area contributed by atoms with Gasteiger partial charge in [0.05, 0.1) is 5.75 Å². The van der Waals surface area contributed by atoms with Gasteiger partial charge in [-0.1, -0.05) is 6.07 Å². The molecule has 0 aliphatic heterocycles. The molecule has 2 heterocycles. The molecule has 10 heteroatoms. The van der Waals surface area contributed by atoms with Gasteiger partial charge in [-0.05, 0) is 35.9 Å². The van der Waals surface area contributed by atoms with Crippen LogP contribution in [0.5, 0.6) is 11.5 Å². The minimum atomic E-state index is -3.81. The number of halogens is 2. The molecule has 0 unspecified atom stereocenters. The molecule has 2 aromatic carbocycles. The predicted molar refractivity (Wildman–Crippen MR) is 112 cm³/mol. The Hall–Kier alpha value is -3.50. The van der Waals surface area contributed by atoms with E-state index < -0.39 is 27.4 Å². The average molecular weight is 445 g/mol. The number of rotatable bonds is 5. The number of sulfonamides is 1. The number of aromatic amines is 1. The molecule has 0 aliphatic carbocycles. The number of ether oxygens (including phenoxy) is 1. The Kier molecular flexibility index (Phi) is 5.11. The van der Waals surface area contributed by atoms with E-state index in [0.29, 0.717) is 33.7 Å². The number of H-pyrrole nitrogens is 1. The number of benzene rings is 2. The maximum absolute atomic E-state index is 14.2. The molecule has 0 spiro atoms. The van der Waals surface area contributed by atoms with Gasteiger partial charge < -0.3 is 14.3 Å². The highest BCUT2D eigenvalue weighted by Gasteiger charge is 2.18. The highest BCUT2D eigenvalue weighted by Crippen LogP contribution is 2.39. The third kappa shape index (κ3) is 4.21. The first kappa shape index (κ1) is 20.8. The molecule has 0 fully saturated rings. The van der Waals surface area contributed by atoms with Gasteiger partial charge >= 0.3 is 0 Å². The monoisotopic (exact) mass is 445 g/mol. The summed E-state index contributed by atoms with van der Waals surface area (Å²) >= 11 is 0. The highest BCUT2D eigenvalue weighted by atomic mass is 32.2. The van der Waals surface area contributed by atoms with Gasteiger partial charge in [-0.25, -0.2) is 22.3 Å². The number of primary sulfonamides is 1. The van der Waals surface area contributed by atoms with E-state index in [9.17, 15) is 22.0 Å². The molecule has 0 bridgehead atoms. The molecule has 3 N–H and O–H groups in total. The van der Waals surface area contributed by atoms with Crippen LogP contribution >= 0.6 is 0 Å². The van der Waals surface area contributed by atoms with E-state index in [0.717, 1.165) is 12.1 Å². The molecule has 2 aromatic heterocycles. The van der Waals surface area contributed by atoms with E-state index in [1.807, 2.05) is 0 Å². The van der Waals surface area contributed by atoms with Crippen LogP contribution in [0.3, 0.4) is 0 Å². The minimum absolute atomic E-state index is 0.191. The number of aromatic nitrogens is 2. The molecular formula is C21H17F2N3O4S. The number of fused-ring (bicyclic) bond motifs is 1. The molecule has 0 radical (unpaired) electrons. The van der Waals surface area contributed by atoms with Crippen LogP contribution < -0.4 is 15.4 Å². The van der Waals surface area contributed by atoms with Crippen LogP contribution in [0.25, 0.3) is 22.0 Å². The van der Waals surface area contributed by atoms with Crippen LogP contribution in [-0.2, 0) is 22.8 Å². The molecule has 0 amide bonds. The first-order valence-corrected chi connectivity index (χ1v) is 10.8. The second-order valence-electron chi connectivity index (χ2n) is 7.04. The van der Waals surface area contributed by atoms with Crippen molar-refractivity contribution in [3.8, 4) is 22.6 Å². The van der Waals surface area contributed by atoms with Crippen LogP contribution in [0, 0.1) is 11.6 Å². The Morgan fingerprint density at radius 3 is 2.52 bits per heavy atom. The average Bonchev–Trinajstić information content (AvgIpc) is 3.01. The summed E-state index contributed by atoms with van der Waals surface area (Å²) in [5, 5.41) is 5.76. The van der Waals surface area contributed by atoms with Crippen molar-refractivity contribution in [1.82, 2.24) is 9.55 Å². The molecular weight excluding hydrogens is 428 g/mol. The summed E-state index contributed by atoms with van der Waals surface area (Å²) in [6.07, 6.45) is 3.17. The van der Waals surface area contributed by atoms with Gasteiger partial charge in [0, 0.05) is 42.0 Å². The summed E-state index contributed by atoms with van der Waals surface area (Å²) < 4.78 is 57.9. The van der Waals surface area contributed by atoms with Crippen molar-refractivity contribution in [1.29, 1.82) is 0 Å². The Morgan fingerprint density at radius 2 is 1.81 bits per heavy atom. The van der Waals surface area contributed by atoms with Crippen molar-refractivity contribution in [2.45, 2.75) is 5.75 Å². The Bertz CT molecular complexity index is 1480. The number of nitrogens with zero attached hydrogens (tertiary/aromatic N) is 1. The van der Waals surface area contributed by atoms with Crippen molar-refractivity contribution >= 4 is 20.9 Å². The third-order valence-corrected chi connectivity index (χ3v) is 5.45. The second kappa shape index (κ2) is 7.64. The summed E-state index contributed by atoms with van der Waals surface area (Å²) in [5.74, 6) is -2.08. The zero-order chi connectivity index (χ0) is 22.3. The van der Waals surface area contributed by atoms with Crippen molar-refractivity contribution < 1.29 is 21.9 Å². The zero-order valence-electron chi connectivity index (χ0n) is 16.2. The molecule has 0 aliphatic rings. The van der Waals surface area contributed by atoms with Gasteiger partial charge in [-0.2, -0.15) is 0 Å². The summed E-state index contributed by atoms with van der Waals surface area (Å²) in [6.45, 7) is 0. The number of pyridine rings is 1. The van der Waals surface area contributed by atoms with Crippen molar-refractivity contribution in [2.24, 2.45) is 12.2 Å². The predicted octanol–water partition coefficient (Wildman–Crippen LogP) is 3.39. The quantitative estimate of drug-likeness (QED) is 0.491. The maximum Gasteiger partial charge on any atom is 0.272 e. The first-order chi connectivity index (χ1) is 14.6. The molecule has 4 rings (SSSR count). The Balaban J connectivity index is 1.93. The van der Waals surface area contributed by atoms with Gasteiger partial charge in [0.1, 0.15) is 17.1 Å². The van der Waals surface area contributed by atoms with Gasteiger partial charge in [0.2, 0.25) is 10.0 Å². The number of hydrogen-bond acceptors (Lipinski definition) is 4. The molecule has 160 valence electrons. The highest BCUT2D eigenvalue weighted by molar-refractivity contribution is 7.88. The molecule has 31 heavy (non-hydrogen) atoms. The van der Waals surface area contributed by atoms with E-state index in [4.69, 9.17) is 9.88 Å². The lowest BCUT2D eigenvalue weighted by molar-refractivity contribution is 0.439. The van der Waals surface area contributed by atoms with E-state index in [-0.39, 0.29) is 17.1 Å². The summed E-state index contributed by atoms with van der Waals surface area (Å²) in [6, 6.07) is 9.12. The zero-order valence-corrected chi connectivity index (χ0v) is 17.0. The van der Waals surface area contributed by atoms with E-state index >= 15 is 0 Å². The smallest absolute Gasteiger partial charge is 0.272 e. The number of nitrogens with one attached hydrogen (secondary N) is 1. The fourth-order valence-electron chi connectivity index (χ4n) is 3.46. The van der Waals surface area contributed by atoms with E-state index in [2.05, 4.69) is 4.98 Å². The fourth-order valence-corrected chi connectivity index (χ4v) is 4.10. The summed E-state index contributed by atoms with van der Waals surface area (Å²) in [4.78, 5) is 14.9. The molecule has 4 aromatic rings. The Morgan fingerprint density at radius 1 is 1.06 bits per heavy atom. The number of nitrogens with two attached hydrogens (primary N) is 1. The van der Waals surface area contributed by atoms with Crippen LogP contribution in [0.15, 0.2) is 59.7 Å². The molecule has 0 atom stereocenters. The van der Waals surface area contributed by atoms with Gasteiger partial charge in [-0.15, -0.1) is 0 Å².